The Hall–Kier alpha value is -1.75. The Bertz CT molecular complexity index is 530. The van der Waals surface area contributed by atoms with Crippen LogP contribution in [0.3, 0.4) is 0 Å². The molecule has 2 heteroatoms. The number of anilines is 1. The van der Waals surface area contributed by atoms with E-state index in [2.05, 4.69) is 11.8 Å². The summed E-state index contributed by atoms with van der Waals surface area (Å²) in [6.07, 6.45) is 0.463. The van der Waals surface area contributed by atoms with Gasteiger partial charge < -0.3 is 5.73 Å². The lowest BCUT2D eigenvalue weighted by molar-refractivity contribution is -0.118. The van der Waals surface area contributed by atoms with Gasteiger partial charge in [-0.05, 0) is 57.9 Å². The fourth-order valence-electron chi connectivity index (χ4n) is 1.85. The molecule has 0 saturated heterocycles. The summed E-state index contributed by atoms with van der Waals surface area (Å²) in [6, 6.07) is 3.94. The van der Waals surface area contributed by atoms with Gasteiger partial charge in [0.15, 0.2) is 0 Å². The molecular weight excluding hydrogens is 222 g/mol. The molecule has 0 aliphatic heterocycles. The second kappa shape index (κ2) is 5.27. The Balaban J connectivity index is 3.05. The number of nitrogens with two attached hydrogens (primary N) is 1. The highest BCUT2D eigenvalue weighted by Gasteiger charge is 2.16. The van der Waals surface area contributed by atoms with Gasteiger partial charge in [-0.2, -0.15) is 0 Å². The van der Waals surface area contributed by atoms with E-state index in [1.54, 1.807) is 6.92 Å². The van der Waals surface area contributed by atoms with Crippen LogP contribution < -0.4 is 5.73 Å². The quantitative estimate of drug-likeness (QED) is 0.640. The lowest BCUT2D eigenvalue weighted by atomic mass is 9.88. The van der Waals surface area contributed by atoms with E-state index in [0.717, 1.165) is 5.56 Å². The molecule has 0 amide bonds. The monoisotopic (exact) mass is 243 g/mol. The molecule has 0 bridgehead atoms. The predicted molar refractivity (Wildman–Crippen MR) is 76.3 cm³/mol. The molecule has 0 saturated carbocycles. The first kappa shape index (κ1) is 14.3. The number of carbonyl (C=O) groups is 1. The maximum absolute atomic E-state index is 11.1. The standard InChI is InChI=1S/C16H21NO/c1-11-8-14(15(17)9-12(11)2)6-7-16(4,5)10-13(3)18/h8-9H,10,17H2,1-5H3. The fraction of sp³-hybridized carbons (Fsp3) is 0.438. The minimum atomic E-state index is -0.308. The lowest BCUT2D eigenvalue weighted by Gasteiger charge is -2.14. The number of aryl methyl sites for hydroxylation is 2. The molecule has 0 aliphatic rings. The van der Waals surface area contributed by atoms with E-state index in [-0.39, 0.29) is 11.2 Å². The molecule has 0 fully saturated rings. The van der Waals surface area contributed by atoms with Crippen molar-refractivity contribution in [3.05, 3.63) is 28.8 Å². The van der Waals surface area contributed by atoms with Gasteiger partial charge in [-0.1, -0.05) is 11.8 Å². The van der Waals surface area contributed by atoms with E-state index in [1.165, 1.54) is 11.1 Å². The highest BCUT2D eigenvalue weighted by Crippen LogP contribution is 2.21. The second-order valence-corrected chi connectivity index (χ2v) is 5.54. The molecule has 0 heterocycles. The lowest BCUT2D eigenvalue weighted by Crippen LogP contribution is -2.12. The topological polar surface area (TPSA) is 43.1 Å². The van der Waals surface area contributed by atoms with Crippen molar-refractivity contribution in [2.45, 2.75) is 41.0 Å². The van der Waals surface area contributed by atoms with E-state index in [1.807, 2.05) is 39.8 Å². The largest absolute Gasteiger partial charge is 0.398 e. The van der Waals surface area contributed by atoms with Gasteiger partial charge in [-0.25, -0.2) is 0 Å². The predicted octanol–water partition coefficient (Wildman–Crippen LogP) is 3.24. The van der Waals surface area contributed by atoms with E-state index < -0.39 is 0 Å². The average molecular weight is 243 g/mol. The Morgan fingerprint density at radius 3 is 2.39 bits per heavy atom. The van der Waals surface area contributed by atoms with Crippen molar-refractivity contribution < 1.29 is 4.79 Å². The normalized spacial score (nSPS) is 10.7. The molecular formula is C16H21NO. The summed E-state index contributed by atoms with van der Waals surface area (Å²) in [4.78, 5) is 11.1. The van der Waals surface area contributed by atoms with E-state index >= 15 is 0 Å². The molecule has 1 rings (SSSR count). The summed E-state index contributed by atoms with van der Waals surface area (Å²) in [5.74, 6) is 6.40. The number of hydrogen-bond donors (Lipinski definition) is 1. The zero-order chi connectivity index (χ0) is 13.9. The molecule has 0 atom stereocenters. The van der Waals surface area contributed by atoms with Crippen LogP contribution in [-0.4, -0.2) is 5.78 Å². The molecule has 0 aromatic heterocycles. The minimum Gasteiger partial charge on any atom is -0.398 e. The smallest absolute Gasteiger partial charge is 0.131 e. The zero-order valence-corrected chi connectivity index (χ0v) is 11.8. The molecule has 1 aromatic carbocycles. The number of ketones is 1. The Kier molecular flexibility index (Phi) is 4.19. The number of carbonyl (C=O) groups excluding carboxylic acids is 1. The van der Waals surface area contributed by atoms with Crippen molar-refractivity contribution in [3.8, 4) is 11.8 Å². The van der Waals surface area contributed by atoms with Crippen LogP contribution in [0.25, 0.3) is 0 Å². The third-order valence-electron chi connectivity index (χ3n) is 2.89. The summed E-state index contributed by atoms with van der Waals surface area (Å²) in [5, 5.41) is 0. The maximum atomic E-state index is 11.1. The molecule has 2 nitrogen and oxygen atoms in total. The molecule has 0 spiro atoms. The van der Waals surface area contributed by atoms with Crippen LogP contribution in [0.1, 0.15) is 43.9 Å². The third-order valence-corrected chi connectivity index (χ3v) is 2.89. The van der Waals surface area contributed by atoms with Crippen LogP contribution in [0.5, 0.6) is 0 Å². The van der Waals surface area contributed by atoms with Crippen molar-refractivity contribution in [2.24, 2.45) is 5.41 Å². The summed E-state index contributed by atoms with van der Waals surface area (Å²) in [5.41, 5.74) is 9.53. The summed E-state index contributed by atoms with van der Waals surface area (Å²) < 4.78 is 0. The van der Waals surface area contributed by atoms with E-state index in [0.29, 0.717) is 12.1 Å². The summed E-state index contributed by atoms with van der Waals surface area (Å²) in [7, 11) is 0. The van der Waals surface area contributed by atoms with Crippen LogP contribution in [0, 0.1) is 31.1 Å². The number of hydrogen-bond acceptors (Lipinski definition) is 2. The van der Waals surface area contributed by atoms with Crippen molar-refractivity contribution in [3.63, 3.8) is 0 Å². The van der Waals surface area contributed by atoms with Crippen LogP contribution in [0.4, 0.5) is 5.69 Å². The number of Topliss-reactive ketones (excluding diaryl/α,β-unsaturated/α-hetero) is 1. The number of rotatable bonds is 2. The molecule has 2 N–H and O–H groups in total. The maximum Gasteiger partial charge on any atom is 0.131 e. The molecule has 96 valence electrons. The first-order valence-corrected chi connectivity index (χ1v) is 6.10. The van der Waals surface area contributed by atoms with Gasteiger partial charge >= 0.3 is 0 Å². The van der Waals surface area contributed by atoms with Crippen molar-refractivity contribution in [1.29, 1.82) is 0 Å². The third kappa shape index (κ3) is 3.92. The van der Waals surface area contributed by atoms with Crippen molar-refractivity contribution in [1.82, 2.24) is 0 Å². The van der Waals surface area contributed by atoms with E-state index in [9.17, 15) is 4.79 Å². The number of benzene rings is 1. The van der Waals surface area contributed by atoms with Gasteiger partial charge in [0.05, 0.1) is 0 Å². The average Bonchev–Trinajstić information content (AvgIpc) is 2.19. The first-order valence-electron chi connectivity index (χ1n) is 6.10. The summed E-state index contributed by atoms with van der Waals surface area (Å²) in [6.45, 7) is 9.61. The molecule has 0 radical (unpaired) electrons. The molecule has 1 aromatic rings. The molecule has 0 aliphatic carbocycles. The van der Waals surface area contributed by atoms with Crippen LogP contribution >= 0.6 is 0 Å². The first-order chi connectivity index (χ1) is 8.21. The van der Waals surface area contributed by atoms with Crippen molar-refractivity contribution in [2.75, 3.05) is 5.73 Å². The van der Waals surface area contributed by atoms with Gasteiger partial charge in [0, 0.05) is 23.1 Å². The Labute approximate surface area is 110 Å². The Morgan fingerprint density at radius 1 is 1.28 bits per heavy atom. The van der Waals surface area contributed by atoms with Crippen LogP contribution in [0.2, 0.25) is 0 Å². The highest BCUT2D eigenvalue weighted by molar-refractivity contribution is 5.76. The fourth-order valence-corrected chi connectivity index (χ4v) is 1.85. The Morgan fingerprint density at radius 2 is 1.83 bits per heavy atom. The highest BCUT2D eigenvalue weighted by atomic mass is 16.1. The second-order valence-electron chi connectivity index (χ2n) is 5.54. The zero-order valence-electron chi connectivity index (χ0n) is 11.8. The van der Waals surface area contributed by atoms with Crippen LogP contribution in [0.15, 0.2) is 12.1 Å². The minimum absolute atomic E-state index is 0.155. The van der Waals surface area contributed by atoms with Crippen LogP contribution in [-0.2, 0) is 4.79 Å². The summed E-state index contributed by atoms with van der Waals surface area (Å²) >= 11 is 0. The molecule has 18 heavy (non-hydrogen) atoms. The van der Waals surface area contributed by atoms with Crippen molar-refractivity contribution >= 4 is 11.5 Å². The van der Waals surface area contributed by atoms with Gasteiger partial charge in [0.1, 0.15) is 5.78 Å². The van der Waals surface area contributed by atoms with Gasteiger partial charge in [0.2, 0.25) is 0 Å². The number of nitrogen functional groups attached to an aromatic ring is 1. The molecule has 0 unspecified atom stereocenters. The van der Waals surface area contributed by atoms with Gasteiger partial charge in [0.25, 0.3) is 0 Å². The SMILES string of the molecule is CC(=O)CC(C)(C)C#Cc1cc(C)c(C)cc1N. The van der Waals surface area contributed by atoms with Gasteiger partial charge in [-0.3, -0.25) is 4.79 Å². The van der Waals surface area contributed by atoms with E-state index in [4.69, 9.17) is 5.73 Å². The van der Waals surface area contributed by atoms with Gasteiger partial charge in [-0.15, -0.1) is 0 Å².